The average Bonchev–Trinajstić information content (AvgIpc) is 2.47. The highest BCUT2D eigenvalue weighted by Gasteiger charge is 2.27. The van der Waals surface area contributed by atoms with E-state index in [4.69, 9.17) is 4.74 Å². The van der Waals surface area contributed by atoms with Crippen molar-refractivity contribution >= 4 is 5.91 Å². The molecule has 112 valence electrons. The summed E-state index contributed by atoms with van der Waals surface area (Å²) in [7, 11) is 3.33. The zero-order valence-corrected chi connectivity index (χ0v) is 13.1. The van der Waals surface area contributed by atoms with E-state index in [-0.39, 0.29) is 11.9 Å². The second-order valence-electron chi connectivity index (χ2n) is 5.58. The normalized spacial score (nSPS) is 12.8. The van der Waals surface area contributed by atoms with E-state index in [1.807, 2.05) is 26.0 Å². The van der Waals surface area contributed by atoms with E-state index in [9.17, 15) is 4.79 Å². The number of nitrogens with one attached hydrogen (secondary N) is 2. The molecule has 4 nitrogen and oxygen atoms in total. The first-order valence-electron chi connectivity index (χ1n) is 7.04. The van der Waals surface area contributed by atoms with Gasteiger partial charge < -0.3 is 15.4 Å². The van der Waals surface area contributed by atoms with E-state index < -0.39 is 5.41 Å². The number of amides is 1. The Morgan fingerprint density at radius 1 is 1.30 bits per heavy atom. The van der Waals surface area contributed by atoms with Gasteiger partial charge in [-0.25, -0.2) is 0 Å². The molecule has 0 spiro atoms. The molecule has 0 saturated heterocycles. The zero-order chi connectivity index (χ0) is 15.2. The Hall–Kier alpha value is -1.55. The predicted octanol–water partition coefficient (Wildman–Crippen LogP) is 2.51. The number of hydrogen-bond donors (Lipinski definition) is 2. The van der Waals surface area contributed by atoms with Crippen LogP contribution in [-0.4, -0.2) is 26.6 Å². The van der Waals surface area contributed by atoms with Gasteiger partial charge in [0.1, 0.15) is 5.75 Å². The minimum absolute atomic E-state index is 0.0505. The highest BCUT2D eigenvalue weighted by molar-refractivity contribution is 5.81. The fraction of sp³-hybridized carbons (Fsp3) is 0.562. The van der Waals surface area contributed by atoms with E-state index in [1.54, 1.807) is 14.2 Å². The molecule has 1 amide bonds. The van der Waals surface area contributed by atoms with Gasteiger partial charge in [0.25, 0.3) is 0 Å². The molecule has 1 atom stereocenters. The van der Waals surface area contributed by atoms with Crippen LogP contribution in [0.15, 0.2) is 24.3 Å². The quantitative estimate of drug-likeness (QED) is 0.805. The third-order valence-electron chi connectivity index (χ3n) is 3.56. The van der Waals surface area contributed by atoms with Gasteiger partial charge in [-0.2, -0.15) is 0 Å². The second-order valence-corrected chi connectivity index (χ2v) is 5.58. The Morgan fingerprint density at radius 3 is 2.35 bits per heavy atom. The van der Waals surface area contributed by atoms with Gasteiger partial charge >= 0.3 is 0 Å². The fourth-order valence-electron chi connectivity index (χ4n) is 2.13. The molecule has 1 unspecified atom stereocenters. The maximum absolute atomic E-state index is 11.8. The van der Waals surface area contributed by atoms with Crippen molar-refractivity contribution in [3.63, 3.8) is 0 Å². The van der Waals surface area contributed by atoms with Gasteiger partial charge in [0.2, 0.25) is 5.91 Å². The summed E-state index contributed by atoms with van der Waals surface area (Å²) in [5, 5.41) is 6.18. The van der Waals surface area contributed by atoms with Crippen LogP contribution in [-0.2, 0) is 4.79 Å². The molecule has 0 fully saturated rings. The lowest BCUT2D eigenvalue weighted by atomic mass is 9.91. The fourth-order valence-corrected chi connectivity index (χ4v) is 2.13. The van der Waals surface area contributed by atoms with Crippen LogP contribution >= 0.6 is 0 Å². The topological polar surface area (TPSA) is 50.4 Å². The van der Waals surface area contributed by atoms with Crippen molar-refractivity contribution in [2.75, 3.05) is 20.7 Å². The first kappa shape index (κ1) is 16.5. The smallest absolute Gasteiger partial charge is 0.226 e. The Morgan fingerprint density at radius 2 is 1.90 bits per heavy atom. The van der Waals surface area contributed by atoms with Gasteiger partial charge in [-0.05, 0) is 38.0 Å². The molecule has 0 saturated carbocycles. The van der Waals surface area contributed by atoms with Crippen molar-refractivity contribution in [2.45, 2.75) is 33.2 Å². The number of methoxy groups -OCH3 is 1. The first-order chi connectivity index (χ1) is 9.44. The molecule has 0 radical (unpaired) electrons. The van der Waals surface area contributed by atoms with Gasteiger partial charge in [0.05, 0.1) is 12.5 Å². The SMILES string of the molecule is CCC(NCC(C)(C)C(=O)NC)c1ccc(OC)cc1. The summed E-state index contributed by atoms with van der Waals surface area (Å²) in [6, 6.07) is 8.29. The molecule has 2 N–H and O–H groups in total. The number of benzene rings is 1. The molecule has 1 rings (SSSR count). The molecular weight excluding hydrogens is 252 g/mol. The Balaban J connectivity index is 2.69. The van der Waals surface area contributed by atoms with Crippen molar-refractivity contribution in [3.05, 3.63) is 29.8 Å². The number of ether oxygens (including phenoxy) is 1. The third kappa shape index (κ3) is 4.23. The van der Waals surface area contributed by atoms with Crippen LogP contribution in [0.3, 0.4) is 0 Å². The first-order valence-corrected chi connectivity index (χ1v) is 7.04. The van der Waals surface area contributed by atoms with Crippen LogP contribution in [0.5, 0.6) is 5.75 Å². The third-order valence-corrected chi connectivity index (χ3v) is 3.56. The van der Waals surface area contributed by atoms with Crippen LogP contribution in [0.1, 0.15) is 38.8 Å². The lowest BCUT2D eigenvalue weighted by Crippen LogP contribution is -2.42. The summed E-state index contributed by atoms with van der Waals surface area (Å²) in [5.41, 5.74) is 0.787. The van der Waals surface area contributed by atoms with E-state index in [1.165, 1.54) is 5.56 Å². The van der Waals surface area contributed by atoms with E-state index in [0.717, 1.165) is 12.2 Å². The van der Waals surface area contributed by atoms with E-state index >= 15 is 0 Å². The number of hydrogen-bond acceptors (Lipinski definition) is 3. The highest BCUT2D eigenvalue weighted by atomic mass is 16.5. The molecule has 0 aliphatic heterocycles. The van der Waals surface area contributed by atoms with E-state index in [0.29, 0.717) is 6.54 Å². The van der Waals surface area contributed by atoms with Crippen LogP contribution in [0.25, 0.3) is 0 Å². The summed E-state index contributed by atoms with van der Waals surface area (Å²) in [6.07, 6.45) is 0.968. The molecule has 4 heteroatoms. The Kier molecular flexibility index (Phi) is 6.02. The lowest BCUT2D eigenvalue weighted by Gasteiger charge is -2.26. The van der Waals surface area contributed by atoms with Gasteiger partial charge in [-0.3, -0.25) is 4.79 Å². The van der Waals surface area contributed by atoms with Gasteiger partial charge in [-0.1, -0.05) is 19.1 Å². The lowest BCUT2D eigenvalue weighted by molar-refractivity contribution is -0.128. The summed E-state index contributed by atoms with van der Waals surface area (Å²) >= 11 is 0. The van der Waals surface area contributed by atoms with Crippen LogP contribution < -0.4 is 15.4 Å². The molecule has 20 heavy (non-hydrogen) atoms. The van der Waals surface area contributed by atoms with Gasteiger partial charge in [0, 0.05) is 19.6 Å². The molecule has 0 heterocycles. The highest BCUT2D eigenvalue weighted by Crippen LogP contribution is 2.22. The van der Waals surface area contributed by atoms with Crippen molar-refractivity contribution in [1.29, 1.82) is 0 Å². The molecule has 0 aliphatic rings. The molecule has 1 aromatic rings. The molecule has 0 aliphatic carbocycles. The van der Waals surface area contributed by atoms with E-state index in [2.05, 4.69) is 29.7 Å². The van der Waals surface area contributed by atoms with Crippen LogP contribution in [0, 0.1) is 5.41 Å². The van der Waals surface area contributed by atoms with Crippen molar-refractivity contribution in [3.8, 4) is 5.75 Å². The summed E-state index contributed by atoms with van der Waals surface area (Å²) in [5.74, 6) is 0.906. The van der Waals surface area contributed by atoms with Crippen molar-refractivity contribution in [2.24, 2.45) is 5.41 Å². The van der Waals surface area contributed by atoms with Gasteiger partial charge in [-0.15, -0.1) is 0 Å². The Bertz CT molecular complexity index is 427. The summed E-state index contributed by atoms with van der Waals surface area (Å²) < 4.78 is 5.17. The molecule has 0 bridgehead atoms. The number of carbonyl (C=O) groups is 1. The summed E-state index contributed by atoms with van der Waals surface area (Å²) in [4.78, 5) is 11.8. The standard InChI is InChI=1S/C16H26N2O2/c1-6-14(12-7-9-13(20-5)10-8-12)18-11-16(2,3)15(19)17-4/h7-10,14,18H,6,11H2,1-5H3,(H,17,19). The van der Waals surface area contributed by atoms with Crippen molar-refractivity contribution in [1.82, 2.24) is 10.6 Å². The number of carbonyl (C=O) groups excluding carboxylic acids is 1. The maximum Gasteiger partial charge on any atom is 0.226 e. The molecular formula is C16H26N2O2. The average molecular weight is 278 g/mol. The monoisotopic (exact) mass is 278 g/mol. The molecule has 0 aromatic heterocycles. The van der Waals surface area contributed by atoms with Crippen molar-refractivity contribution < 1.29 is 9.53 Å². The largest absolute Gasteiger partial charge is 0.497 e. The number of rotatable bonds is 7. The zero-order valence-electron chi connectivity index (χ0n) is 13.1. The summed E-state index contributed by atoms with van der Waals surface area (Å²) in [6.45, 7) is 6.66. The maximum atomic E-state index is 11.8. The van der Waals surface area contributed by atoms with Gasteiger partial charge in [0.15, 0.2) is 0 Å². The minimum atomic E-state index is -0.422. The predicted molar refractivity (Wildman–Crippen MR) is 81.9 cm³/mol. The van der Waals surface area contributed by atoms with Crippen LogP contribution in [0.4, 0.5) is 0 Å². The van der Waals surface area contributed by atoms with Crippen LogP contribution in [0.2, 0.25) is 0 Å². The second kappa shape index (κ2) is 7.29. The Labute approximate surface area is 121 Å². The minimum Gasteiger partial charge on any atom is -0.497 e. The molecule has 1 aromatic carbocycles.